The Balaban J connectivity index is 2.01. The van der Waals surface area contributed by atoms with Crippen LogP contribution in [-0.2, 0) is 24.9 Å². The smallest absolute Gasteiger partial charge is 0.368 e. The molecule has 0 aliphatic carbocycles. The van der Waals surface area contributed by atoms with Crippen molar-refractivity contribution in [3.8, 4) is 0 Å². The van der Waals surface area contributed by atoms with Crippen molar-refractivity contribution >= 4 is 30.5 Å². The van der Waals surface area contributed by atoms with Gasteiger partial charge in [0.2, 0.25) is 5.95 Å². The minimum atomic E-state index is -4.42. The summed E-state index contributed by atoms with van der Waals surface area (Å²) in [5.74, 6) is -0.305. The Bertz CT molecular complexity index is 851. The van der Waals surface area contributed by atoms with E-state index in [2.05, 4.69) is 20.3 Å². The van der Waals surface area contributed by atoms with Crippen molar-refractivity contribution in [3.63, 3.8) is 0 Å². The fraction of sp³-hybridized carbons (Fsp3) is 0.688. The molecule has 170 valence electrons. The van der Waals surface area contributed by atoms with Crippen molar-refractivity contribution in [1.29, 1.82) is 0 Å². The van der Waals surface area contributed by atoms with Gasteiger partial charge in [-0.3, -0.25) is 4.57 Å². The van der Waals surface area contributed by atoms with Crippen LogP contribution in [0.2, 0.25) is 0 Å². The molecular weight excluding hydrogens is 428 g/mol. The van der Waals surface area contributed by atoms with Crippen LogP contribution in [0.15, 0.2) is 6.33 Å². The van der Waals surface area contributed by atoms with Gasteiger partial charge < -0.3 is 29.4 Å². The summed E-state index contributed by atoms with van der Waals surface area (Å²) < 4.78 is 67.7. The molecule has 0 atom stereocenters. The zero-order chi connectivity index (χ0) is 22.2. The number of alkyl halides is 3. The summed E-state index contributed by atoms with van der Waals surface area (Å²) in [5.41, 5.74) is 6.01. The number of nitrogens with one attached hydrogen (secondary N) is 1. The molecule has 2 aromatic rings. The topological polar surface area (TPSA) is 126 Å². The van der Waals surface area contributed by atoms with E-state index in [0.29, 0.717) is 26.1 Å². The molecule has 0 aliphatic rings. The third kappa shape index (κ3) is 7.38. The highest BCUT2D eigenvalue weighted by Crippen LogP contribution is 2.48. The molecule has 14 heteroatoms. The molecule has 10 nitrogen and oxygen atoms in total. The summed E-state index contributed by atoms with van der Waals surface area (Å²) in [7, 11) is -3.36. The molecule has 0 saturated heterocycles. The Labute approximate surface area is 171 Å². The number of ether oxygens (including phenoxy) is 1. The summed E-state index contributed by atoms with van der Waals surface area (Å²) >= 11 is 0. The van der Waals surface area contributed by atoms with E-state index in [4.69, 9.17) is 19.5 Å². The molecule has 0 amide bonds. The van der Waals surface area contributed by atoms with E-state index in [1.165, 1.54) is 6.33 Å². The highest BCUT2D eigenvalue weighted by Gasteiger charge is 2.28. The lowest BCUT2D eigenvalue weighted by Gasteiger charge is -2.18. The lowest BCUT2D eigenvalue weighted by molar-refractivity contribution is -0.115. The highest BCUT2D eigenvalue weighted by molar-refractivity contribution is 7.53. The number of nitrogens with two attached hydrogens (primary N) is 1. The van der Waals surface area contributed by atoms with Crippen molar-refractivity contribution in [2.75, 3.05) is 43.8 Å². The van der Waals surface area contributed by atoms with Crippen LogP contribution in [0.3, 0.4) is 0 Å². The number of halogens is 3. The van der Waals surface area contributed by atoms with Crippen LogP contribution in [0.5, 0.6) is 0 Å². The van der Waals surface area contributed by atoms with Crippen LogP contribution in [0, 0.1) is 0 Å². The van der Waals surface area contributed by atoms with E-state index in [1.54, 1.807) is 4.57 Å². The van der Waals surface area contributed by atoms with E-state index in [0.717, 1.165) is 0 Å². The summed E-state index contributed by atoms with van der Waals surface area (Å²) in [6.45, 7) is 3.45. The molecule has 0 aliphatic heterocycles. The zero-order valence-electron chi connectivity index (χ0n) is 16.8. The van der Waals surface area contributed by atoms with Gasteiger partial charge in [-0.1, -0.05) is 13.8 Å². The molecule has 0 saturated carbocycles. The number of nitrogens with zero attached hydrogens (tertiary/aromatic N) is 4. The maximum Gasteiger partial charge on any atom is 0.405 e. The fourth-order valence-corrected chi connectivity index (χ4v) is 3.84. The van der Waals surface area contributed by atoms with E-state index in [9.17, 15) is 17.7 Å². The van der Waals surface area contributed by atoms with Gasteiger partial charge in [0.1, 0.15) is 12.9 Å². The van der Waals surface area contributed by atoms with Crippen molar-refractivity contribution < 1.29 is 31.5 Å². The number of nitrogen functional groups attached to an aromatic ring is 1. The Morgan fingerprint density at radius 1 is 1.17 bits per heavy atom. The van der Waals surface area contributed by atoms with Crippen molar-refractivity contribution in [3.05, 3.63) is 6.33 Å². The molecule has 2 heterocycles. The second-order valence-electron chi connectivity index (χ2n) is 6.32. The Hall–Kier alpha value is -1.95. The predicted molar refractivity (Wildman–Crippen MR) is 105 cm³/mol. The van der Waals surface area contributed by atoms with E-state index in [1.807, 2.05) is 13.8 Å². The number of fused-ring (bicyclic) bond motifs is 1. The maximum absolute atomic E-state index is 12.6. The van der Waals surface area contributed by atoms with Crippen LogP contribution >= 0.6 is 7.60 Å². The first-order valence-electron chi connectivity index (χ1n) is 9.42. The third-order valence-electron chi connectivity index (χ3n) is 3.65. The lowest BCUT2D eigenvalue weighted by atomic mass is 10.4. The van der Waals surface area contributed by atoms with Crippen LogP contribution in [0.4, 0.5) is 24.9 Å². The number of imidazole rings is 1. The number of aromatic nitrogens is 4. The molecule has 0 bridgehead atoms. The Morgan fingerprint density at radius 3 is 2.43 bits per heavy atom. The van der Waals surface area contributed by atoms with Gasteiger partial charge in [0.25, 0.3) is 0 Å². The van der Waals surface area contributed by atoms with Crippen molar-refractivity contribution in [2.24, 2.45) is 0 Å². The molecule has 2 rings (SSSR count). The minimum Gasteiger partial charge on any atom is -0.368 e. The number of rotatable bonds is 13. The van der Waals surface area contributed by atoms with Gasteiger partial charge in [0.05, 0.1) is 26.1 Å². The van der Waals surface area contributed by atoms with E-state index in [-0.39, 0.29) is 42.4 Å². The highest BCUT2D eigenvalue weighted by atomic mass is 31.2. The molecule has 30 heavy (non-hydrogen) atoms. The molecule has 0 radical (unpaired) electrons. The average molecular weight is 454 g/mol. The molecule has 0 spiro atoms. The van der Waals surface area contributed by atoms with Gasteiger partial charge in [0, 0.05) is 6.54 Å². The van der Waals surface area contributed by atoms with Crippen LogP contribution < -0.4 is 11.1 Å². The van der Waals surface area contributed by atoms with Crippen molar-refractivity contribution in [2.45, 2.75) is 39.4 Å². The van der Waals surface area contributed by atoms with Gasteiger partial charge in [0.15, 0.2) is 17.0 Å². The first-order chi connectivity index (χ1) is 14.2. The maximum atomic E-state index is 12.6. The first kappa shape index (κ1) is 24.3. The number of hydrogen-bond donors (Lipinski definition) is 2. The third-order valence-corrected chi connectivity index (χ3v) is 5.30. The van der Waals surface area contributed by atoms with Crippen LogP contribution in [-0.4, -0.2) is 58.4 Å². The van der Waals surface area contributed by atoms with E-state index < -0.39 is 20.3 Å². The molecule has 0 unspecified atom stereocenters. The second kappa shape index (κ2) is 10.9. The van der Waals surface area contributed by atoms with Crippen LogP contribution in [0.1, 0.15) is 26.7 Å². The normalized spacial score (nSPS) is 12.6. The van der Waals surface area contributed by atoms with Crippen LogP contribution in [0.25, 0.3) is 11.2 Å². The van der Waals surface area contributed by atoms with Gasteiger partial charge in [-0.2, -0.15) is 23.1 Å². The molecule has 3 N–H and O–H groups in total. The first-order valence-corrected chi connectivity index (χ1v) is 11.1. The lowest BCUT2D eigenvalue weighted by Crippen LogP contribution is -2.22. The SMILES string of the molecule is CCCOP(=O)(COCCn1cnc2c(NCC(F)(F)F)nc(N)nc21)OCCC. The fourth-order valence-electron chi connectivity index (χ4n) is 2.34. The van der Waals surface area contributed by atoms with Gasteiger partial charge in [-0.05, 0) is 12.8 Å². The second-order valence-corrected chi connectivity index (χ2v) is 8.32. The standard InChI is InChI=1S/C16H26F3N6O4P/c1-3-6-28-30(26,29-7-4-2)11-27-8-5-25-10-22-12-13(21-9-16(17,18)19)23-15(20)24-14(12)25/h10H,3-9,11H2,1-2H3,(H3,20,21,23,24). The minimum absolute atomic E-state index is 0.111. The summed E-state index contributed by atoms with van der Waals surface area (Å²) in [6, 6.07) is 0. The molecule has 0 aromatic carbocycles. The Kier molecular flexibility index (Phi) is 8.83. The summed E-state index contributed by atoms with van der Waals surface area (Å²) in [6.07, 6.45) is -1.87. The molecule has 0 fully saturated rings. The number of hydrogen-bond acceptors (Lipinski definition) is 9. The average Bonchev–Trinajstić information content (AvgIpc) is 3.08. The van der Waals surface area contributed by atoms with Gasteiger partial charge in [-0.15, -0.1) is 0 Å². The zero-order valence-corrected chi connectivity index (χ0v) is 17.7. The summed E-state index contributed by atoms with van der Waals surface area (Å²) in [5, 5.41) is 2.17. The largest absolute Gasteiger partial charge is 0.405 e. The monoisotopic (exact) mass is 454 g/mol. The molecule has 2 aromatic heterocycles. The number of anilines is 2. The predicted octanol–water partition coefficient (Wildman–Crippen LogP) is 3.40. The quantitative estimate of drug-likeness (QED) is 0.346. The Morgan fingerprint density at radius 2 is 1.83 bits per heavy atom. The van der Waals surface area contributed by atoms with Crippen molar-refractivity contribution in [1.82, 2.24) is 19.5 Å². The summed E-state index contributed by atoms with van der Waals surface area (Å²) in [4.78, 5) is 11.9. The van der Waals surface area contributed by atoms with Gasteiger partial charge >= 0.3 is 13.8 Å². The van der Waals surface area contributed by atoms with E-state index >= 15 is 0 Å². The molecular formula is C16H26F3N6O4P. The van der Waals surface area contributed by atoms with Gasteiger partial charge in [-0.25, -0.2) is 4.98 Å².